The molecule has 1 atom stereocenters. The highest BCUT2D eigenvalue weighted by atomic mass is 16.5. The molecule has 0 bridgehead atoms. The van der Waals surface area contributed by atoms with E-state index in [9.17, 15) is 0 Å². The minimum Gasteiger partial charge on any atom is -0.339 e. The van der Waals surface area contributed by atoms with Crippen molar-refractivity contribution >= 4 is 0 Å². The Balaban J connectivity index is 1.85. The predicted molar refractivity (Wildman–Crippen MR) is 73.2 cm³/mol. The summed E-state index contributed by atoms with van der Waals surface area (Å²) in [6, 6.07) is 8.60. The van der Waals surface area contributed by atoms with Crippen LogP contribution in [-0.2, 0) is 12.8 Å². The Morgan fingerprint density at radius 1 is 1.37 bits per heavy atom. The lowest BCUT2D eigenvalue weighted by molar-refractivity contribution is 0.350. The molecule has 0 radical (unpaired) electrons. The maximum atomic E-state index is 5.47. The van der Waals surface area contributed by atoms with Crippen molar-refractivity contribution in [2.24, 2.45) is 0 Å². The van der Waals surface area contributed by atoms with Gasteiger partial charge in [-0.25, -0.2) is 0 Å². The summed E-state index contributed by atoms with van der Waals surface area (Å²) >= 11 is 0. The van der Waals surface area contributed by atoms with Gasteiger partial charge >= 0.3 is 0 Å². The number of aromatic nitrogens is 2. The lowest BCUT2D eigenvalue weighted by Gasteiger charge is -2.22. The zero-order chi connectivity index (χ0) is 13.1. The summed E-state index contributed by atoms with van der Waals surface area (Å²) in [7, 11) is 1.93. The standard InChI is InChI=1S/C15H19N3O/c1-16-10-9-14-17-15(19-18-14)13-8-4-6-11-5-2-3-7-12(11)13/h2-3,5,7,13,16H,4,6,8-10H2,1H3. The molecule has 1 N–H and O–H groups in total. The molecule has 4 nitrogen and oxygen atoms in total. The minimum atomic E-state index is 0.279. The number of rotatable bonds is 4. The first-order valence-corrected chi connectivity index (χ1v) is 6.93. The molecule has 0 amide bonds. The largest absolute Gasteiger partial charge is 0.339 e. The van der Waals surface area contributed by atoms with Crippen LogP contribution in [-0.4, -0.2) is 23.7 Å². The highest BCUT2D eigenvalue weighted by molar-refractivity contribution is 5.35. The number of hydrogen-bond acceptors (Lipinski definition) is 4. The van der Waals surface area contributed by atoms with E-state index < -0.39 is 0 Å². The van der Waals surface area contributed by atoms with Crippen molar-refractivity contribution in [2.45, 2.75) is 31.6 Å². The van der Waals surface area contributed by atoms with Gasteiger partial charge < -0.3 is 9.84 Å². The van der Waals surface area contributed by atoms with Crippen LogP contribution >= 0.6 is 0 Å². The summed E-state index contributed by atoms with van der Waals surface area (Å²) in [5.74, 6) is 1.85. The molecule has 0 aliphatic heterocycles. The van der Waals surface area contributed by atoms with E-state index in [0.29, 0.717) is 0 Å². The number of benzene rings is 1. The molecule has 1 aromatic heterocycles. The average Bonchev–Trinajstić information content (AvgIpc) is 2.93. The van der Waals surface area contributed by atoms with Gasteiger partial charge in [-0.15, -0.1) is 0 Å². The highest BCUT2D eigenvalue weighted by Crippen LogP contribution is 2.35. The van der Waals surface area contributed by atoms with Gasteiger partial charge in [0.2, 0.25) is 5.89 Å². The van der Waals surface area contributed by atoms with E-state index >= 15 is 0 Å². The number of fused-ring (bicyclic) bond motifs is 1. The van der Waals surface area contributed by atoms with Gasteiger partial charge in [0.05, 0.1) is 5.92 Å². The summed E-state index contributed by atoms with van der Waals surface area (Å²) in [4.78, 5) is 4.55. The molecule has 3 rings (SSSR count). The lowest BCUT2D eigenvalue weighted by atomic mass is 9.83. The average molecular weight is 257 g/mol. The smallest absolute Gasteiger partial charge is 0.234 e. The lowest BCUT2D eigenvalue weighted by Crippen LogP contribution is -2.12. The van der Waals surface area contributed by atoms with Crippen LogP contribution in [0.1, 0.15) is 41.6 Å². The Hall–Kier alpha value is -1.68. The molecular weight excluding hydrogens is 238 g/mol. The van der Waals surface area contributed by atoms with Gasteiger partial charge in [0, 0.05) is 13.0 Å². The zero-order valence-corrected chi connectivity index (χ0v) is 11.2. The van der Waals surface area contributed by atoms with Crippen LogP contribution in [0.15, 0.2) is 28.8 Å². The van der Waals surface area contributed by atoms with Crippen LogP contribution < -0.4 is 5.32 Å². The molecule has 0 spiro atoms. The first kappa shape index (κ1) is 12.4. The van der Waals surface area contributed by atoms with Crippen molar-refractivity contribution < 1.29 is 4.52 Å². The molecule has 1 heterocycles. The molecular formula is C15H19N3O. The second kappa shape index (κ2) is 5.53. The molecule has 0 fully saturated rings. The third kappa shape index (κ3) is 2.54. The van der Waals surface area contributed by atoms with E-state index in [0.717, 1.165) is 37.5 Å². The third-order valence-corrected chi connectivity index (χ3v) is 3.75. The Morgan fingerprint density at radius 2 is 2.26 bits per heavy atom. The molecule has 1 aliphatic carbocycles. The van der Waals surface area contributed by atoms with E-state index in [2.05, 4.69) is 39.7 Å². The summed E-state index contributed by atoms with van der Waals surface area (Å²) in [5.41, 5.74) is 2.78. The molecule has 0 saturated carbocycles. The van der Waals surface area contributed by atoms with E-state index in [-0.39, 0.29) is 5.92 Å². The van der Waals surface area contributed by atoms with Gasteiger partial charge in [0.15, 0.2) is 5.82 Å². The third-order valence-electron chi connectivity index (χ3n) is 3.75. The van der Waals surface area contributed by atoms with Crippen molar-refractivity contribution in [3.05, 3.63) is 47.1 Å². The molecule has 1 unspecified atom stereocenters. The monoisotopic (exact) mass is 257 g/mol. The molecule has 4 heteroatoms. The fraction of sp³-hybridized carbons (Fsp3) is 0.467. The zero-order valence-electron chi connectivity index (χ0n) is 11.2. The Kier molecular flexibility index (Phi) is 3.60. The van der Waals surface area contributed by atoms with Crippen LogP contribution in [0.3, 0.4) is 0 Å². The number of nitrogens with zero attached hydrogens (tertiary/aromatic N) is 2. The summed E-state index contributed by atoms with van der Waals surface area (Å²) in [5, 5.41) is 7.17. The second-order valence-corrected chi connectivity index (χ2v) is 5.05. The molecule has 19 heavy (non-hydrogen) atoms. The van der Waals surface area contributed by atoms with Gasteiger partial charge in [-0.05, 0) is 37.4 Å². The molecule has 1 aliphatic rings. The first-order chi connectivity index (χ1) is 9.38. The quantitative estimate of drug-likeness (QED) is 0.913. The fourth-order valence-corrected chi connectivity index (χ4v) is 2.76. The van der Waals surface area contributed by atoms with Crippen LogP contribution in [0.2, 0.25) is 0 Å². The van der Waals surface area contributed by atoms with Crippen molar-refractivity contribution in [3.8, 4) is 0 Å². The van der Waals surface area contributed by atoms with Gasteiger partial charge in [0.1, 0.15) is 0 Å². The molecule has 100 valence electrons. The Labute approximate surface area is 113 Å². The normalized spacial score (nSPS) is 18.3. The van der Waals surface area contributed by atoms with Gasteiger partial charge in [-0.2, -0.15) is 4.98 Å². The van der Waals surface area contributed by atoms with Crippen LogP contribution in [0, 0.1) is 0 Å². The van der Waals surface area contributed by atoms with E-state index in [1.165, 1.54) is 17.5 Å². The molecule has 2 aromatic rings. The van der Waals surface area contributed by atoms with Crippen molar-refractivity contribution in [1.29, 1.82) is 0 Å². The Bertz CT molecular complexity index is 550. The predicted octanol–water partition coefficient (Wildman–Crippen LogP) is 2.30. The van der Waals surface area contributed by atoms with Crippen molar-refractivity contribution in [2.75, 3.05) is 13.6 Å². The SMILES string of the molecule is CNCCc1noc(C2CCCc3ccccc32)n1. The van der Waals surface area contributed by atoms with Gasteiger partial charge in [0.25, 0.3) is 0 Å². The van der Waals surface area contributed by atoms with Crippen LogP contribution in [0.4, 0.5) is 0 Å². The maximum absolute atomic E-state index is 5.47. The summed E-state index contributed by atoms with van der Waals surface area (Å²) in [6.45, 7) is 0.875. The van der Waals surface area contributed by atoms with Crippen molar-refractivity contribution in [1.82, 2.24) is 15.5 Å². The molecule has 0 saturated heterocycles. The van der Waals surface area contributed by atoms with Crippen molar-refractivity contribution in [3.63, 3.8) is 0 Å². The Morgan fingerprint density at radius 3 is 3.16 bits per heavy atom. The highest BCUT2D eigenvalue weighted by Gasteiger charge is 2.26. The van der Waals surface area contributed by atoms with E-state index in [1.54, 1.807) is 0 Å². The fourth-order valence-electron chi connectivity index (χ4n) is 2.76. The minimum absolute atomic E-state index is 0.279. The van der Waals surface area contributed by atoms with Crippen LogP contribution in [0.5, 0.6) is 0 Å². The van der Waals surface area contributed by atoms with E-state index in [4.69, 9.17) is 4.52 Å². The molecule has 1 aromatic carbocycles. The summed E-state index contributed by atoms with van der Waals surface area (Å²) in [6.07, 6.45) is 4.27. The number of aryl methyl sites for hydroxylation is 1. The number of nitrogens with one attached hydrogen (secondary N) is 1. The van der Waals surface area contributed by atoms with Crippen LogP contribution in [0.25, 0.3) is 0 Å². The topological polar surface area (TPSA) is 51.0 Å². The second-order valence-electron chi connectivity index (χ2n) is 5.05. The number of likely N-dealkylation sites (N-methyl/N-ethyl adjacent to an activating group) is 1. The van der Waals surface area contributed by atoms with E-state index in [1.807, 2.05) is 7.05 Å². The first-order valence-electron chi connectivity index (χ1n) is 6.93. The number of hydrogen-bond donors (Lipinski definition) is 1. The summed E-state index contributed by atoms with van der Waals surface area (Å²) < 4.78 is 5.47. The van der Waals surface area contributed by atoms with Gasteiger partial charge in [-0.1, -0.05) is 29.4 Å². The maximum Gasteiger partial charge on any atom is 0.234 e. The van der Waals surface area contributed by atoms with Gasteiger partial charge in [-0.3, -0.25) is 0 Å².